The van der Waals surface area contributed by atoms with E-state index in [1.807, 2.05) is 0 Å². The zero-order chi connectivity index (χ0) is 9.68. The second-order valence-electron chi connectivity index (χ2n) is 2.71. The molecule has 1 amide bonds. The summed E-state index contributed by atoms with van der Waals surface area (Å²) in [5, 5.41) is 11.2. The van der Waals surface area contributed by atoms with E-state index in [4.69, 9.17) is 0 Å². The first-order valence-corrected chi connectivity index (χ1v) is 4.78. The van der Waals surface area contributed by atoms with Gasteiger partial charge in [0.25, 0.3) is 0 Å². The molecule has 1 N–H and O–H groups in total. The maximum Gasteiger partial charge on any atom is 0.223 e. The highest BCUT2D eigenvalue weighted by molar-refractivity contribution is 7.13. The number of nitrogens with one attached hydrogen (secondary N) is 1. The Hall–Kier alpha value is -1.17. The molecule has 1 aromatic rings. The van der Waals surface area contributed by atoms with E-state index < -0.39 is 0 Å². The van der Waals surface area contributed by atoms with E-state index in [0.717, 1.165) is 5.13 Å². The second kappa shape index (κ2) is 4.76. The van der Waals surface area contributed by atoms with Gasteiger partial charge in [0.15, 0.2) is 0 Å². The highest BCUT2D eigenvalue weighted by Gasteiger charge is 2.03. The minimum atomic E-state index is 0.108. The molecular formula is C7H12N4OS. The number of carbonyl (C=O) groups excluding carboxylic acids is 1. The molecule has 13 heavy (non-hydrogen) atoms. The summed E-state index contributed by atoms with van der Waals surface area (Å²) in [7, 11) is 3.49. The summed E-state index contributed by atoms with van der Waals surface area (Å²) >= 11 is 1.42. The number of rotatable bonds is 4. The summed E-state index contributed by atoms with van der Waals surface area (Å²) in [6.07, 6.45) is 0.479. The van der Waals surface area contributed by atoms with E-state index in [0.29, 0.717) is 13.0 Å². The van der Waals surface area contributed by atoms with Crippen molar-refractivity contribution in [1.82, 2.24) is 15.1 Å². The minimum Gasteiger partial charge on any atom is -0.360 e. The Morgan fingerprint density at radius 3 is 3.00 bits per heavy atom. The van der Waals surface area contributed by atoms with E-state index in [1.54, 1.807) is 24.5 Å². The Morgan fingerprint density at radius 2 is 2.46 bits per heavy atom. The third-order valence-electron chi connectivity index (χ3n) is 1.47. The highest BCUT2D eigenvalue weighted by atomic mass is 32.1. The van der Waals surface area contributed by atoms with E-state index in [2.05, 4.69) is 15.5 Å². The number of carbonyl (C=O) groups is 1. The van der Waals surface area contributed by atoms with Crippen LogP contribution in [0.25, 0.3) is 0 Å². The fraction of sp³-hybridized carbons (Fsp3) is 0.571. The lowest BCUT2D eigenvalue weighted by atomic mass is 10.4. The van der Waals surface area contributed by atoms with Crippen molar-refractivity contribution < 1.29 is 4.79 Å². The molecule has 1 rings (SSSR count). The first-order chi connectivity index (χ1) is 6.20. The van der Waals surface area contributed by atoms with Gasteiger partial charge in [-0.1, -0.05) is 11.3 Å². The second-order valence-corrected chi connectivity index (χ2v) is 3.54. The fourth-order valence-corrected chi connectivity index (χ4v) is 1.22. The SMILES string of the molecule is CN(C)C(=O)CCNc1nncs1. The van der Waals surface area contributed by atoms with E-state index in [9.17, 15) is 4.79 Å². The van der Waals surface area contributed by atoms with Crippen molar-refractivity contribution in [2.45, 2.75) is 6.42 Å². The largest absolute Gasteiger partial charge is 0.360 e. The lowest BCUT2D eigenvalue weighted by Crippen LogP contribution is -2.23. The zero-order valence-corrected chi connectivity index (χ0v) is 8.47. The lowest BCUT2D eigenvalue weighted by Gasteiger charge is -2.09. The van der Waals surface area contributed by atoms with Gasteiger partial charge >= 0.3 is 0 Å². The van der Waals surface area contributed by atoms with Crippen molar-refractivity contribution in [3.05, 3.63) is 5.51 Å². The fourth-order valence-electron chi connectivity index (χ4n) is 0.750. The molecule has 0 radical (unpaired) electrons. The molecule has 0 aromatic carbocycles. The number of anilines is 1. The van der Waals surface area contributed by atoms with Gasteiger partial charge in [0.2, 0.25) is 11.0 Å². The van der Waals surface area contributed by atoms with Crippen LogP contribution in [0, 0.1) is 0 Å². The molecule has 0 bridgehead atoms. The summed E-state index contributed by atoms with van der Waals surface area (Å²) in [5.41, 5.74) is 1.65. The van der Waals surface area contributed by atoms with Gasteiger partial charge in [0.05, 0.1) is 0 Å². The topological polar surface area (TPSA) is 58.1 Å². The molecule has 1 heterocycles. The standard InChI is InChI=1S/C7H12N4OS/c1-11(2)6(12)3-4-8-7-10-9-5-13-7/h5H,3-4H2,1-2H3,(H,8,10). The van der Waals surface area contributed by atoms with Crippen molar-refractivity contribution in [2.24, 2.45) is 0 Å². The van der Waals surface area contributed by atoms with Crippen LogP contribution in [-0.4, -0.2) is 41.6 Å². The van der Waals surface area contributed by atoms with Gasteiger partial charge in [-0.15, -0.1) is 10.2 Å². The molecule has 0 aliphatic carbocycles. The Bertz CT molecular complexity index is 259. The smallest absolute Gasteiger partial charge is 0.223 e. The molecule has 72 valence electrons. The summed E-state index contributed by atoms with van der Waals surface area (Å²) in [5.74, 6) is 0.108. The minimum absolute atomic E-state index is 0.108. The Balaban J connectivity index is 2.18. The quantitative estimate of drug-likeness (QED) is 0.765. The van der Waals surface area contributed by atoms with Gasteiger partial charge in [0.1, 0.15) is 5.51 Å². The Labute approximate surface area is 80.8 Å². The van der Waals surface area contributed by atoms with Crippen LogP contribution in [0.3, 0.4) is 0 Å². The van der Waals surface area contributed by atoms with Crippen LogP contribution in [0.5, 0.6) is 0 Å². The highest BCUT2D eigenvalue weighted by Crippen LogP contribution is 2.07. The average Bonchev–Trinajstić information content (AvgIpc) is 2.56. The van der Waals surface area contributed by atoms with Crippen LogP contribution in [0.1, 0.15) is 6.42 Å². The number of amides is 1. The molecule has 1 aromatic heterocycles. The van der Waals surface area contributed by atoms with Crippen LogP contribution in [0.2, 0.25) is 0 Å². The first kappa shape index (κ1) is 9.91. The summed E-state index contributed by atoms with van der Waals surface area (Å²) in [4.78, 5) is 12.7. The normalized spacial score (nSPS) is 9.69. The van der Waals surface area contributed by atoms with Crippen molar-refractivity contribution in [3.8, 4) is 0 Å². The van der Waals surface area contributed by atoms with Gasteiger partial charge < -0.3 is 10.2 Å². The van der Waals surface area contributed by atoms with Crippen molar-refractivity contribution in [3.63, 3.8) is 0 Å². The molecule has 0 saturated carbocycles. The molecule has 0 aliphatic heterocycles. The van der Waals surface area contributed by atoms with E-state index in [1.165, 1.54) is 11.3 Å². The molecule has 0 spiro atoms. The van der Waals surface area contributed by atoms with Gasteiger partial charge in [-0.25, -0.2) is 0 Å². The number of aromatic nitrogens is 2. The van der Waals surface area contributed by atoms with E-state index >= 15 is 0 Å². The third kappa shape index (κ3) is 3.37. The van der Waals surface area contributed by atoms with Crippen LogP contribution in [0.4, 0.5) is 5.13 Å². The maximum atomic E-state index is 11.1. The van der Waals surface area contributed by atoms with Crippen LogP contribution in [-0.2, 0) is 4.79 Å². The van der Waals surface area contributed by atoms with E-state index in [-0.39, 0.29) is 5.91 Å². The predicted molar refractivity (Wildman–Crippen MR) is 51.7 cm³/mol. The van der Waals surface area contributed by atoms with Gasteiger partial charge in [-0.3, -0.25) is 4.79 Å². The van der Waals surface area contributed by atoms with Crippen molar-refractivity contribution in [1.29, 1.82) is 0 Å². The molecule has 0 unspecified atom stereocenters. The molecule has 0 fully saturated rings. The van der Waals surface area contributed by atoms with Crippen molar-refractivity contribution in [2.75, 3.05) is 26.0 Å². The molecular weight excluding hydrogens is 188 g/mol. The summed E-state index contributed by atoms with van der Waals surface area (Å²) in [6.45, 7) is 0.603. The Kier molecular flexibility index (Phi) is 3.63. The molecule has 0 saturated heterocycles. The van der Waals surface area contributed by atoms with Crippen molar-refractivity contribution >= 4 is 22.4 Å². The van der Waals surface area contributed by atoms with Gasteiger partial charge in [-0.05, 0) is 0 Å². The summed E-state index contributed by atoms with van der Waals surface area (Å²) in [6, 6.07) is 0. The van der Waals surface area contributed by atoms with Gasteiger partial charge in [-0.2, -0.15) is 0 Å². The molecule has 6 heteroatoms. The molecule has 5 nitrogen and oxygen atoms in total. The number of hydrogen-bond acceptors (Lipinski definition) is 5. The lowest BCUT2D eigenvalue weighted by molar-refractivity contribution is -0.128. The van der Waals surface area contributed by atoms with Gasteiger partial charge in [0, 0.05) is 27.1 Å². The monoisotopic (exact) mass is 200 g/mol. The molecule has 0 aliphatic rings. The first-order valence-electron chi connectivity index (χ1n) is 3.90. The zero-order valence-electron chi connectivity index (χ0n) is 7.65. The van der Waals surface area contributed by atoms with Crippen LogP contribution >= 0.6 is 11.3 Å². The number of nitrogens with zero attached hydrogens (tertiary/aromatic N) is 3. The predicted octanol–water partition coefficient (Wildman–Crippen LogP) is 0.428. The maximum absolute atomic E-state index is 11.1. The Morgan fingerprint density at radius 1 is 1.69 bits per heavy atom. The average molecular weight is 200 g/mol. The van der Waals surface area contributed by atoms with Crippen LogP contribution in [0.15, 0.2) is 5.51 Å². The third-order valence-corrected chi connectivity index (χ3v) is 2.12. The summed E-state index contributed by atoms with van der Waals surface area (Å²) < 4.78 is 0. The molecule has 0 atom stereocenters. The van der Waals surface area contributed by atoms with Crippen LogP contribution < -0.4 is 5.32 Å². The number of hydrogen-bond donors (Lipinski definition) is 1.